The highest BCUT2D eigenvalue weighted by molar-refractivity contribution is 7.12. The van der Waals surface area contributed by atoms with Crippen LogP contribution in [-0.4, -0.2) is 31.3 Å². The molecule has 0 saturated heterocycles. The van der Waals surface area contributed by atoms with Gasteiger partial charge in [0, 0.05) is 12.0 Å². The van der Waals surface area contributed by atoms with E-state index in [1.807, 2.05) is 5.38 Å². The van der Waals surface area contributed by atoms with E-state index in [0.29, 0.717) is 17.2 Å². The minimum atomic E-state index is -0.119. The molecule has 1 heterocycles. The molecule has 0 radical (unpaired) electrons. The number of amides is 1. The molecular formula is C11H15NO3S. The SMILES string of the molecule is COc1ccsc1C(=O)NCC1(CO)CC1. The van der Waals surface area contributed by atoms with E-state index in [-0.39, 0.29) is 17.9 Å². The highest BCUT2D eigenvalue weighted by Crippen LogP contribution is 2.44. The number of hydrogen-bond acceptors (Lipinski definition) is 4. The smallest absolute Gasteiger partial charge is 0.265 e. The lowest BCUT2D eigenvalue weighted by Crippen LogP contribution is -2.31. The summed E-state index contributed by atoms with van der Waals surface area (Å²) in [7, 11) is 1.55. The van der Waals surface area contributed by atoms with Crippen molar-refractivity contribution in [3.05, 3.63) is 16.3 Å². The average Bonchev–Trinajstić information content (AvgIpc) is 2.94. The molecular weight excluding hydrogens is 226 g/mol. The molecule has 1 aliphatic rings. The molecule has 2 rings (SSSR count). The van der Waals surface area contributed by atoms with Crippen molar-refractivity contribution in [2.24, 2.45) is 5.41 Å². The van der Waals surface area contributed by atoms with Gasteiger partial charge in [-0.25, -0.2) is 0 Å². The molecule has 1 fully saturated rings. The quantitative estimate of drug-likeness (QED) is 0.816. The Morgan fingerprint density at radius 3 is 3.00 bits per heavy atom. The van der Waals surface area contributed by atoms with Gasteiger partial charge in [-0.15, -0.1) is 11.3 Å². The first-order valence-electron chi connectivity index (χ1n) is 5.21. The second-order valence-electron chi connectivity index (χ2n) is 4.16. The van der Waals surface area contributed by atoms with Crippen molar-refractivity contribution >= 4 is 17.2 Å². The van der Waals surface area contributed by atoms with E-state index >= 15 is 0 Å². The normalized spacial score (nSPS) is 16.9. The second-order valence-corrected chi connectivity index (χ2v) is 5.08. The lowest BCUT2D eigenvalue weighted by Gasteiger charge is -2.12. The van der Waals surface area contributed by atoms with Crippen LogP contribution in [0.4, 0.5) is 0 Å². The van der Waals surface area contributed by atoms with Gasteiger partial charge in [0.25, 0.3) is 5.91 Å². The number of hydrogen-bond donors (Lipinski definition) is 2. The molecule has 0 spiro atoms. The van der Waals surface area contributed by atoms with Crippen LogP contribution in [0.15, 0.2) is 11.4 Å². The fraction of sp³-hybridized carbons (Fsp3) is 0.545. The maximum atomic E-state index is 11.8. The lowest BCUT2D eigenvalue weighted by atomic mass is 10.1. The van der Waals surface area contributed by atoms with E-state index in [1.165, 1.54) is 11.3 Å². The molecule has 1 aliphatic carbocycles. The summed E-state index contributed by atoms with van der Waals surface area (Å²) in [6.45, 7) is 0.693. The van der Waals surface area contributed by atoms with Crippen molar-refractivity contribution < 1.29 is 14.6 Å². The average molecular weight is 241 g/mol. The minimum Gasteiger partial charge on any atom is -0.495 e. The van der Waals surface area contributed by atoms with Crippen LogP contribution in [0.3, 0.4) is 0 Å². The van der Waals surface area contributed by atoms with Crippen LogP contribution >= 0.6 is 11.3 Å². The van der Waals surface area contributed by atoms with Crippen LogP contribution in [0.1, 0.15) is 22.5 Å². The number of aliphatic hydroxyl groups excluding tert-OH is 1. The monoisotopic (exact) mass is 241 g/mol. The summed E-state index contributed by atoms with van der Waals surface area (Å²) >= 11 is 1.36. The van der Waals surface area contributed by atoms with E-state index in [9.17, 15) is 4.79 Å². The molecule has 0 atom stereocenters. The molecule has 1 aromatic heterocycles. The molecule has 88 valence electrons. The van der Waals surface area contributed by atoms with Crippen molar-refractivity contribution in [3.63, 3.8) is 0 Å². The van der Waals surface area contributed by atoms with Gasteiger partial charge in [0.05, 0.1) is 13.7 Å². The molecule has 0 unspecified atom stereocenters. The van der Waals surface area contributed by atoms with E-state index in [0.717, 1.165) is 12.8 Å². The standard InChI is InChI=1S/C11H15NO3S/c1-15-8-2-5-16-9(8)10(14)12-6-11(7-13)3-4-11/h2,5,13H,3-4,6-7H2,1H3,(H,12,14). The van der Waals surface area contributed by atoms with Gasteiger partial charge in [-0.05, 0) is 24.3 Å². The third-order valence-electron chi connectivity index (χ3n) is 2.97. The van der Waals surface area contributed by atoms with E-state index in [1.54, 1.807) is 13.2 Å². The van der Waals surface area contributed by atoms with Gasteiger partial charge < -0.3 is 15.2 Å². The predicted octanol–water partition coefficient (Wildman–Crippen LogP) is 1.26. The zero-order valence-corrected chi connectivity index (χ0v) is 9.97. The van der Waals surface area contributed by atoms with Crippen LogP contribution in [0.2, 0.25) is 0 Å². The van der Waals surface area contributed by atoms with Gasteiger partial charge in [0.2, 0.25) is 0 Å². The summed E-state index contributed by atoms with van der Waals surface area (Å²) in [6, 6.07) is 1.78. The molecule has 1 saturated carbocycles. The number of nitrogens with one attached hydrogen (secondary N) is 1. The number of methoxy groups -OCH3 is 1. The third kappa shape index (κ3) is 2.20. The molecule has 5 heteroatoms. The summed E-state index contributed by atoms with van der Waals surface area (Å²) in [4.78, 5) is 12.4. The summed E-state index contributed by atoms with van der Waals surface area (Å²) < 4.78 is 5.08. The summed E-state index contributed by atoms with van der Waals surface area (Å²) in [5.74, 6) is 0.489. The van der Waals surface area contributed by atoms with Crippen LogP contribution < -0.4 is 10.1 Å². The van der Waals surface area contributed by atoms with E-state index < -0.39 is 0 Å². The highest BCUT2D eigenvalue weighted by atomic mass is 32.1. The Hall–Kier alpha value is -1.07. The van der Waals surface area contributed by atoms with Crippen molar-refractivity contribution in [2.75, 3.05) is 20.3 Å². The van der Waals surface area contributed by atoms with Crippen LogP contribution in [0.25, 0.3) is 0 Å². The van der Waals surface area contributed by atoms with Gasteiger partial charge >= 0.3 is 0 Å². The number of carbonyl (C=O) groups is 1. The first-order valence-corrected chi connectivity index (χ1v) is 6.09. The molecule has 0 aliphatic heterocycles. The number of ether oxygens (including phenoxy) is 1. The fourth-order valence-corrected chi connectivity index (χ4v) is 2.31. The topological polar surface area (TPSA) is 58.6 Å². The van der Waals surface area contributed by atoms with Gasteiger partial charge in [0.1, 0.15) is 10.6 Å². The van der Waals surface area contributed by atoms with Gasteiger partial charge in [-0.2, -0.15) is 0 Å². The van der Waals surface area contributed by atoms with Gasteiger partial charge in [-0.3, -0.25) is 4.79 Å². The Labute approximate surface area is 98.2 Å². The van der Waals surface area contributed by atoms with Gasteiger partial charge in [-0.1, -0.05) is 0 Å². The molecule has 0 bridgehead atoms. The molecule has 16 heavy (non-hydrogen) atoms. The third-order valence-corrected chi connectivity index (χ3v) is 3.87. The second kappa shape index (κ2) is 4.43. The Kier molecular flexibility index (Phi) is 3.16. The molecule has 2 N–H and O–H groups in total. The molecule has 1 aromatic rings. The lowest BCUT2D eigenvalue weighted by molar-refractivity contribution is 0.0936. The largest absolute Gasteiger partial charge is 0.495 e. The van der Waals surface area contributed by atoms with Gasteiger partial charge in [0.15, 0.2) is 0 Å². The van der Waals surface area contributed by atoms with Crippen molar-refractivity contribution in [1.82, 2.24) is 5.32 Å². The maximum Gasteiger partial charge on any atom is 0.265 e. The summed E-state index contributed by atoms with van der Waals surface area (Å²) in [5, 5.41) is 13.8. The Morgan fingerprint density at radius 1 is 1.69 bits per heavy atom. The molecule has 1 amide bonds. The zero-order valence-electron chi connectivity index (χ0n) is 9.16. The summed E-state index contributed by atoms with van der Waals surface area (Å²) in [5.41, 5.74) is -0.0554. The first-order chi connectivity index (χ1) is 7.71. The molecule has 4 nitrogen and oxygen atoms in total. The van der Waals surface area contributed by atoms with E-state index in [2.05, 4.69) is 5.32 Å². The number of carbonyl (C=O) groups excluding carboxylic acids is 1. The number of rotatable bonds is 5. The zero-order chi connectivity index (χ0) is 11.6. The fourth-order valence-electron chi connectivity index (χ4n) is 1.54. The van der Waals surface area contributed by atoms with Crippen LogP contribution in [0.5, 0.6) is 5.75 Å². The first kappa shape index (κ1) is 11.4. The predicted molar refractivity (Wildman–Crippen MR) is 62.0 cm³/mol. The summed E-state index contributed by atoms with van der Waals surface area (Å²) in [6.07, 6.45) is 1.98. The maximum absolute atomic E-state index is 11.8. The Balaban J connectivity index is 1.93. The minimum absolute atomic E-state index is 0.0554. The van der Waals surface area contributed by atoms with E-state index in [4.69, 9.17) is 9.84 Å². The van der Waals surface area contributed by atoms with Crippen molar-refractivity contribution in [1.29, 1.82) is 0 Å². The highest BCUT2D eigenvalue weighted by Gasteiger charge is 2.42. The van der Waals surface area contributed by atoms with Crippen molar-refractivity contribution in [2.45, 2.75) is 12.8 Å². The van der Waals surface area contributed by atoms with Crippen LogP contribution in [0, 0.1) is 5.41 Å². The van der Waals surface area contributed by atoms with Crippen molar-refractivity contribution in [3.8, 4) is 5.75 Å². The molecule has 0 aromatic carbocycles. The Morgan fingerprint density at radius 2 is 2.44 bits per heavy atom. The number of thiophene rings is 1. The Bertz CT molecular complexity index is 384. The van der Waals surface area contributed by atoms with Crippen LogP contribution in [-0.2, 0) is 0 Å². The number of aliphatic hydroxyl groups is 1.